The second-order valence-corrected chi connectivity index (χ2v) is 3.81. The van der Waals surface area contributed by atoms with Crippen LogP contribution in [0.15, 0.2) is 0 Å². The summed E-state index contributed by atoms with van der Waals surface area (Å²) in [6.45, 7) is 7.02. The van der Waals surface area contributed by atoms with Gasteiger partial charge in [-0.3, -0.25) is 0 Å². The SMILES string of the molecule is C[C-]1CC(C)CC(C)C1.[CH3-].[Fe+2]. The van der Waals surface area contributed by atoms with Crippen LogP contribution in [0.3, 0.4) is 0 Å². The molecule has 2 unspecified atom stereocenters. The summed E-state index contributed by atoms with van der Waals surface area (Å²) < 4.78 is 0. The quantitative estimate of drug-likeness (QED) is 0.411. The van der Waals surface area contributed by atoms with Crippen LogP contribution in [0.2, 0.25) is 0 Å². The fraction of sp³-hybridized carbons (Fsp3) is 0.800. The minimum absolute atomic E-state index is 0. The number of rotatable bonds is 0. The molecular weight excluding hydrogens is 176 g/mol. The Morgan fingerprint density at radius 2 is 1.45 bits per heavy atom. The maximum atomic E-state index is 2.36. The maximum absolute atomic E-state index is 2.36. The van der Waals surface area contributed by atoms with Crippen molar-refractivity contribution in [3.8, 4) is 0 Å². The normalized spacial score (nSPS) is 31.9. The van der Waals surface area contributed by atoms with E-state index in [-0.39, 0.29) is 24.5 Å². The van der Waals surface area contributed by atoms with Crippen molar-refractivity contribution >= 4 is 0 Å². The van der Waals surface area contributed by atoms with Gasteiger partial charge < -0.3 is 13.3 Å². The second kappa shape index (κ2) is 6.08. The van der Waals surface area contributed by atoms with Crippen molar-refractivity contribution in [2.24, 2.45) is 11.8 Å². The van der Waals surface area contributed by atoms with Gasteiger partial charge in [-0.25, -0.2) is 0 Å². The molecule has 0 aromatic rings. The molecule has 1 fully saturated rings. The Kier molecular flexibility index (Phi) is 7.78. The van der Waals surface area contributed by atoms with E-state index in [0.29, 0.717) is 0 Å². The van der Waals surface area contributed by atoms with E-state index in [1.54, 1.807) is 5.92 Å². The van der Waals surface area contributed by atoms with Crippen LogP contribution in [-0.2, 0) is 17.1 Å². The van der Waals surface area contributed by atoms with E-state index in [1.807, 2.05) is 0 Å². The number of hydrogen-bond acceptors (Lipinski definition) is 0. The van der Waals surface area contributed by atoms with Crippen LogP contribution in [0.25, 0.3) is 0 Å². The molecule has 0 aliphatic heterocycles. The van der Waals surface area contributed by atoms with Gasteiger partial charge in [-0.15, -0.1) is 0 Å². The summed E-state index contributed by atoms with van der Waals surface area (Å²) in [7, 11) is 0. The first-order valence-electron chi connectivity index (χ1n) is 3.99. The van der Waals surface area contributed by atoms with Gasteiger partial charge in [0.1, 0.15) is 0 Å². The van der Waals surface area contributed by atoms with Gasteiger partial charge in [0.2, 0.25) is 0 Å². The topological polar surface area (TPSA) is 0 Å². The summed E-state index contributed by atoms with van der Waals surface area (Å²) in [6.07, 6.45) is 4.20. The van der Waals surface area contributed by atoms with E-state index in [0.717, 1.165) is 11.8 Å². The molecular formula is C10H20Fe. The largest absolute Gasteiger partial charge is 2.00 e. The molecule has 1 aliphatic carbocycles. The van der Waals surface area contributed by atoms with Gasteiger partial charge in [0.05, 0.1) is 0 Å². The van der Waals surface area contributed by atoms with Crippen LogP contribution in [0, 0.1) is 25.2 Å². The Balaban J connectivity index is 0. The molecule has 0 heterocycles. The van der Waals surface area contributed by atoms with Crippen LogP contribution < -0.4 is 0 Å². The number of hydrogen-bond donors (Lipinski definition) is 0. The first-order chi connectivity index (χ1) is 4.18. The summed E-state index contributed by atoms with van der Waals surface area (Å²) in [4.78, 5) is 0. The maximum Gasteiger partial charge on any atom is 2.00 e. The zero-order valence-electron chi connectivity index (χ0n) is 8.13. The average Bonchev–Trinajstić information content (AvgIpc) is 1.59. The Labute approximate surface area is 82.6 Å². The van der Waals surface area contributed by atoms with E-state index in [2.05, 4.69) is 20.8 Å². The molecule has 0 amide bonds. The van der Waals surface area contributed by atoms with Crippen LogP contribution in [0.4, 0.5) is 0 Å². The van der Waals surface area contributed by atoms with E-state index in [9.17, 15) is 0 Å². The average molecular weight is 196 g/mol. The zero-order chi connectivity index (χ0) is 6.85. The van der Waals surface area contributed by atoms with Crippen molar-refractivity contribution in [2.45, 2.75) is 40.0 Å². The molecule has 0 spiro atoms. The molecule has 11 heavy (non-hydrogen) atoms. The van der Waals surface area contributed by atoms with Crippen molar-refractivity contribution in [3.05, 3.63) is 13.3 Å². The minimum Gasteiger partial charge on any atom is -0.358 e. The van der Waals surface area contributed by atoms with Crippen molar-refractivity contribution in [2.75, 3.05) is 0 Å². The van der Waals surface area contributed by atoms with Gasteiger partial charge in [-0.2, -0.15) is 19.8 Å². The van der Waals surface area contributed by atoms with Crippen LogP contribution in [-0.4, -0.2) is 0 Å². The molecule has 0 N–H and O–H groups in total. The van der Waals surface area contributed by atoms with Crippen LogP contribution in [0.5, 0.6) is 0 Å². The Morgan fingerprint density at radius 3 is 1.73 bits per heavy atom. The first-order valence-corrected chi connectivity index (χ1v) is 3.99. The third-order valence-electron chi connectivity index (χ3n) is 2.20. The summed E-state index contributed by atoms with van der Waals surface area (Å²) in [5.74, 6) is 3.61. The van der Waals surface area contributed by atoms with Crippen LogP contribution >= 0.6 is 0 Å². The molecule has 0 bridgehead atoms. The molecule has 0 radical (unpaired) electrons. The van der Waals surface area contributed by atoms with E-state index < -0.39 is 0 Å². The van der Waals surface area contributed by atoms with Crippen molar-refractivity contribution in [1.82, 2.24) is 0 Å². The van der Waals surface area contributed by atoms with E-state index in [1.165, 1.54) is 19.3 Å². The molecule has 0 aromatic carbocycles. The second-order valence-electron chi connectivity index (χ2n) is 3.81. The van der Waals surface area contributed by atoms with Gasteiger partial charge in [-0.1, -0.05) is 32.1 Å². The smallest absolute Gasteiger partial charge is 0.358 e. The van der Waals surface area contributed by atoms with Crippen molar-refractivity contribution < 1.29 is 17.1 Å². The van der Waals surface area contributed by atoms with Gasteiger partial charge in [0.25, 0.3) is 0 Å². The summed E-state index contributed by atoms with van der Waals surface area (Å²) in [5, 5.41) is 0. The molecule has 1 aliphatic rings. The summed E-state index contributed by atoms with van der Waals surface area (Å²) in [5.41, 5.74) is 0. The third kappa shape index (κ3) is 4.87. The Morgan fingerprint density at radius 1 is 1.09 bits per heavy atom. The Bertz CT molecular complexity index is 65.9. The molecule has 1 rings (SSSR count). The molecule has 1 heteroatoms. The fourth-order valence-corrected chi connectivity index (χ4v) is 2.13. The zero-order valence-corrected chi connectivity index (χ0v) is 9.23. The predicted molar refractivity (Wildman–Crippen MR) is 47.5 cm³/mol. The van der Waals surface area contributed by atoms with E-state index >= 15 is 0 Å². The minimum atomic E-state index is 0. The van der Waals surface area contributed by atoms with Gasteiger partial charge >= 0.3 is 17.1 Å². The van der Waals surface area contributed by atoms with Gasteiger partial charge in [-0.05, 0) is 0 Å². The van der Waals surface area contributed by atoms with Gasteiger partial charge in [0, 0.05) is 0 Å². The third-order valence-corrected chi connectivity index (χ3v) is 2.20. The fourth-order valence-electron chi connectivity index (χ4n) is 2.13. The molecule has 1 saturated carbocycles. The van der Waals surface area contributed by atoms with Crippen LogP contribution in [0.1, 0.15) is 40.0 Å². The molecule has 0 aromatic heterocycles. The summed E-state index contributed by atoms with van der Waals surface area (Å²) >= 11 is 0. The first kappa shape index (κ1) is 14.1. The van der Waals surface area contributed by atoms with E-state index in [4.69, 9.17) is 0 Å². The Hall–Kier alpha value is 0.519. The monoisotopic (exact) mass is 196 g/mol. The molecule has 2 atom stereocenters. The molecule has 0 saturated heterocycles. The predicted octanol–water partition coefficient (Wildman–Crippen LogP) is 3.48. The standard InChI is InChI=1S/C9H17.CH3.Fe/c1-7-4-8(2)6-9(3)5-7;;/h7-8H,4-6H2,1-3H3;1H3;/q2*-1;+2. The molecule has 0 nitrogen and oxygen atoms in total. The summed E-state index contributed by atoms with van der Waals surface area (Å²) in [6, 6.07) is 0. The van der Waals surface area contributed by atoms with Crippen molar-refractivity contribution in [3.63, 3.8) is 0 Å². The van der Waals surface area contributed by atoms with Crippen molar-refractivity contribution in [1.29, 1.82) is 0 Å². The van der Waals surface area contributed by atoms with Gasteiger partial charge in [0.15, 0.2) is 0 Å². The molecule has 68 valence electrons.